The molecule has 0 unspecified atom stereocenters. The second kappa shape index (κ2) is 9.56. The molecule has 9 heteroatoms. The Morgan fingerprint density at radius 1 is 0.758 bits per heavy atom. The van der Waals surface area contributed by atoms with Crippen LogP contribution in [0.25, 0.3) is 10.9 Å². The Bertz CT molecular complexity index is 1230. The molecule has 0 aliphatic rings. The summed E-state index contributed by atoms with van der Waals surface area (Å²) in [4.78, 5) is 7.45. The molecule has 0 atom stereocenters. The Morgan fingerprint density at radius 3 is 2.06 bits per heavy atom. The second-order valence-electron chi connectivity index (χ2n) is 7.24. The highest BCUT2D eigenvalue weighted by Crippen LogP contribution is 2.32. The summed E-state index contributed by atoms with van der Waals surface area (Å²) in [5.41, 5.74) is 0.788. The zero-order chi connectivity index (χ0) is 24.2. The van der Waals surface area contributed by atoms with Crippen LogP contribution in [0.4, 0.5) is 30.7 Å². The molecule has 2 aromatic carbocycles. The smallest absolute Gasteiger partial charge is 0.256 e. The molecule has 0 N–H and O–H groups in total. The highest BCUT2D eigenvalue weighted by atomic mass is 19.4. The zero-order valence-corrected chi connectivity index (χ0v) is 17.2. The first-order valence-electron chi connectivity index (χ1n) is 9.62. The average Bonchev–Trinajstić information content (AvgIpc) is 2.73. The van der Waals surface area contributed by atoms with Gasteiger partial charge < -0.3 is 0 Å². The molecule has 0 radical (unpaired) electrons. The third-order valence-electron chi connectivity index (χ3n) is 4.62. The van der Waals surface area contributed by atoms with Gasteiger partial charge in [0.15, 0.2) is 0 Å². The molecular weight excluding hydrogens is 449 g/mol. The summed E-state index contributed by atoms with van der Waals surface area (Å²) < 4.78 is 86.7. The molecule has 0 spiro atoms. The van der Waals surface area contributed by atoms with E-state index in [1.54, 1.807) is 13.1 Å². The van der Waals surface area contributed by atoms with E-state index in [2.05, 4.69) is 9.97 Å². The summed E-state index contributed by atoms with van der Waals surface area (Å²) in [6.45, 7) is 1.69. The monoisotopic (exact) mass is 466 g/mol. The Hall–Kier alpha value is -3.49. The van der Waals surface area contributed by atoms with E-state index >= 15 is 0 Å². The van der Waals surface area contributed by atoms with Crippen molar-refractivity contribution in [3.8, 4) is 0 Å². The van der Waals surface area contributed by atoms with Crippen LogP contribution < -0.4 is 0 Å². The van der Waals surface area contributed by atoms with Crippen molar-refractivity contribution in [1.29, 1.82) is 0 Å². The third kappa shape index (κ3) is 6.50. The normalized spacial score (nSPS) is 11.8. The maximum atomic E-state index is 13.6. The molecule has 2 nitrogen and oxygen atoms in total. The number of nitrogens with zero attached hydrogens (tertiary/aromatic N) is 2. The Labute approximate surface area is 184 Å². The highest BCUT2D eigenvalue weighted by Gasteiger charge is 2.34. The van der Waals surface area contributed by atoms with Crippen molar-refractivity contribution in [2.45, 2.75) is 25.7 Å². The minimum absolute atomic E-state index is 0.349. The summed E-state index contributed by atoms with van der Waals surface area (Å²) in [5.74, 6) is -1.25. The van der Waals surface area contributed by atoms with Gasteiger partial charge in [0.2, 0.25) is 0 Å². The summed E-state index contributed by atoms with van der Waals surface area (Å²) >= 11 is 0. The maximum absolute atomic E-state index is 13.6. The first-order chi connectivity index (χ1) is 15.4. The fraction of sp³-hybridized carbons (Fsp3) is 0.167. The van der Waals surface area contributed by atoms with Crippen LogP contribution >= 0.6 is 0 Å². The summed E-state index contributed by atoms with van der Waals surface area (Å²) in [6.07, 6.45) is -5.78. The van der Waals surface area contributed by atoms with E-state index in [0.717, 1.165) is 40.2 Å². The van der Waals surface area contributed by atoms with Gasteiger partial charge in [0.05, 0.1) is 11.1 Å². The summed E-state index contributed by atoms with van der Waals surface area (Å²) in [5, 5.41) is 0.977. The van der Waals surface area contributed by atoms with Crippen molar-refractivity contribution < 1.29 is 30.7 Å². The Balaban J connectivity index is 0.000000235. The van der Waals surface area contributed by atoms with Crippen molar-refractivity contribution in [2.75, 3.05) is 0 Å². The van der Waals surface area contributed by atoms with Gasteiger partial charge in [0.25, 0.3) is 0 Å². The molecule has 0 fully saturated rings. The molecule has 0 bridgehead atoms. The Morgan fingerprint density at radius 2 is 1.45 bits per heavy atom. The van der Waals surface area contributed by atoms with Gasteiger partial charge in [-0.1, -0.05) is 30.3 Å². The quantitative estimate of drug-likeness (QED) is 0.288. The van der Waals surface area contributed by atoms with Crippen LogP contribution in [-0.2, 0) is 18.8 Å². The molecule has 0 aliphatic carbocycles. The lowest BCUT2D eigenvalue weighted by atomic mass is 10.0. The number of halogens is 7. The SMILES string of the molecule is Cc1ccc(C(F)(F)F)nc1.Fc1cc(Cc2ccc3cccnc3c2)ccc1C(F)(F)F. The average molecular weight is 466 g/mol. The van der Waals surface area contributed by atoms with Gasteiger partial charge in [-0.25, -0.2) is 4.39 Å². The van der Waals surface area contributed by atoms with E-state index in [4.69, 9.17) is 0 Å². The minimum atomic E-state index is -4.67. The van der Waals surface area contributed by atoms with Gasteiger partial charge in [-0.15, -0.1) is 0 Å². The fourth-order valence-electron chi connectivity index (χ4n) is 2.99. The molecule has 0 aliphatic heterocycles. The standard InChI is InChI=1S/C17H11F4N.C7H6F3N/c18-15-9-11(4-6-14(15)17(19,20)21)8-12-3-5-13-2-1-7-22-16(13)10-12;1-5-2-3-6(11-4-5)7(8,9)10/h1-7,9-10H,8H2;2-4H,1H3. The van der Waals surface area contributed by atoms with E-state index in [0.29, 0.717) is 12.0 Å². The predicted molar refractivity (Wildman–Crippen MR) is 110 cm³/mol. The first kappa shape index (κ1) is 24.2. The van der Waals surface area contributed by atoms with Gasteiger partial charge in [0.1, 0.15) is 11.5 Å². The number of rotatable bonds is 2. The van der Waals surface area contributed by atoms with Crippen LogP contribution in [0.3, 0.4) is 0 Å². The van der Waals surface area contributed by atoms with Crippen molar-refractivity contribution in [3.05, 3.63) is 107 Å². The van der Waals surface area contributed by atoms with Crippen LogP contribution in [0.5, 0.6) is 0 Å². The molecule has 0 saturated carbocycles. The molecular formula is C24H17F7N2. The van der Waals surface area contributed by atoms with Crippen LogP contribution in [0.1, 0.15) is 27.9 Å². The highest BCUT2D eigenvalue weighted by molar-refractivity contribution is 5.78. The van der Waals surface area contributed by atoms with Crippen molar-refractivity contribution >= 4 is 10.9 Å². The molecule has 2 heterocycles. The number of hydrogen-bond acceptors (Lipinski definition) is 2. The molecule has 0 saturated heterocycles. The lowest BCUT2D eigenvalue weighted by molar-refractivity contribution is -0.141. The minimum Gasteiger partial charge on any atom is -0.256 e. The maximum Gasteiger partial charge on any atom is 0.433 e. The zero-order valence-electron chi connectivity index (χ0n) is 17.2. The number of pyridine rings is 2. The molecule has 2 aromatic heterocycles. The van der Waals surface area contributed by atoms with Crippen molar-refractivity contribution in [1.82, 2.24) is 9.97 Å². The van der Waals surface area contributed by atoms with Crippen molar-refractivity contribution in [3.63, 3.8) is 0 Å². The lowest BCUT2D eigenvalue weighted by Gasteiger charge is -2.09. The summed E-state index contributed by atoms with van der Waals surface area (Å²) in [6, 6.07) is 14.7. The molecule has 4 aromatic rings. The molecule has 4 rings (SSSR count). The number of alkyl halides is 6. The van der Waals surface area contributed by atoms with E-state index in [1.165, 1.54) is 18.3 Å². The van der Waals surface area contributed by atoms with Crippen LogP contribution in [-0.4, -0.2) is 9.97 Å². The fourth-order valence-corrected chi connectivity index (χ4v) is 2.99. The Kier molecular flexibility index (Phi) is 7.00. The van der Waals surface area contributed by atoms with Gasteiger partial charge in [-0.05, 0) is 60.4 Å². The van der Waals surface area contributed by atoms with Crippen LogP contribution in [0, 0.1) is 12.7 Å². The van der Waals surface area contributed by atoms with Crippen LogP contribution in [0.15, 0.2) is 73.1 Å². The van der Waals surface area contributed by atoms with Crippen molar-refractivity contribution in [2.24, 2.45) is 0 Å². The molecule has 172 valence electrons. The van der Waals surface area contributed by atoms with E-state index < -0.39 is 29.4 Å². The van der Waals surface area contributed by atoms with Gasteiger partial charge in [0, 0.05) is 17.8 Å². The largest absolute Gasteiger partial charge is 0.433 e. The third-order valence-corrected chi connectivity index (χ3v) is 4.62. The van der Waals surface area contributed by atoms with Gasteiger partial charge in [-0.2, -0.15) is 26.3 Å². The van der Waals surface area contributed by atoms with Gasteiger partial charge >= 0.3 is 12.4 Å². The number of aromatic nitrogens is 2. The predicted octanol–water partition coefficient (Wildman–Crippen LogP) is 7.39. The summed E-state index contributed by atoms with van der Waals surface area (Å²) in [7, 11) is 0. The molecule has 33 heavy (non-hydrogen) atoms. The number of aryl methyl sites for hydroxylation is 1. The van der Waals surface area contributed by atoms with E-state index in [-0.39, 0.29) is 0 Å². The van der Waals surface area contributed by atoms with Crippen LogP contribution in [0.2, 0.25) is 0 Å². The number of hydrogen-bond donors (Lipinski definition) is 0. The first-order valence-corrected chi connectivity index (χ1v) is 9.62. The second-order valence-corrected chi connectivity index (χ2v) is 7.24. The number of benzene rings is 2. The van der Waals surface area contributed by atoms with Gasteiger partial charge in [-0.3, -0.25) is 9.97 Å². The number of fused-ring (bicyclic) bond motifs is 1. The topological polar surface area (TPSA) is 25.8 Å². The lowest BCUT2D eigenvalue weighted by Crippen LogP contribution is -2.08. The van der Waals surface area contributed by atoms with E-state index in [9.17, 15) is 30.7 Å². The van der Waals surface area contributed by atoms with E-state index in [1.807, 2.05) is 30.3 Å². The molecule has 0 amide bonds.